The second kappa shape index (κ2) is 4.84. The van der Waals surface area contributed by atoms with E-state index in [1.807, 2.05) is 16.7 Å². The number of rotatable bonds is 2. The fraction of sp³-hybridized carbons (Fsp3) is 0.357. The fourth-order valence-electron chi connectivity index (χ4n) is 2.51. The van der Waals surface area contributed by atoms with Gasteiger partial charge in [0.25, 0.3) is 0 Å². The van der Waals surface area contributed by atoms with E-state index in [1.165, 1.54) is 18.5 Å². The number of imidazole rings is 1. The predicted octanol–water partition coefficient (Wildman–Crippen LogP) is 3.79. The zero-order valence-corrected chi connectivity index (χ0v) is 11.6. The molecule has 1 aliphatic carbocycles. The fourth-order valence-corrected chi connectivity index (χ4v) is 2.85. The molecule has 0 saturated heterocycles. The first-order valence-corrected chi connectivity index (χ1v) is 7.31. The van der Waals surface area contributed by atoms with E-state index in [-0.39, 0.29) is 5.82 Å². The second-order valence-electron chi connectivity index (χ2n) is 4.63. The van der Waals surface area contributed by atoms with E-state index in [1.54, 1.807) is 12.4 Å². The Labute approximate surface area is 114 Å². The minimum Gasteiger partial charge on any atom is -0.300 e. The van der Waals surface area contributed by atoms with Crippen LogP contribution in [0.2, 0.25) is 0 Å². The molecule has 0 radical (unpaired) electrons. The smallest absolute Gasteiger partial charge is 0.147 e. The van der Waals surface area contributed by atoms with Crippen molar-refractivity contribution in [2.24, 2.45) is 0 Å². The molecule has 0 amide bonds. The molecule has 4 heteroatoms. The third kappa shape index (κ3) is 1.99. The summed E-state index contributed by atoms with van der Waals surface area (Å²) in [5, 5.41) is 0.673. The maximum Gasteiger partial charge on any atom is 0.147 e. The first-order valence-electron chi connectivity index (χ1n) is 6.19. The van der Waals surface area contributed by atoms with Crippen LogP contribution in [0.25, 0.3) is 5.69 Å². The van der Waals surface area contributed by atoms with Crippen molar-refractivity contribution in [1.29, 1.82) is 0 Å². The quantitative estimate of drug-likeness (QED) is 0.772. The molecule has 0 fully saturated rings. The highest BCUT2D eigenvalue weighted by molar-refractivity contribution is 9.08. The summed E-state index contributed by atoms with van der Waals surface area (Å²) >= 11 is 3.34. The molecule has 0 saturated carbocycles. The van der Waals surface area contributed by atoms with E-state index in [9.17, 15) is 4.39 Å². The second-order valence-corrected chi connectivity index (χ2v) is 5.20. The monoisotopic (exact) mass is 308 g/mol. The summed E-state index contributed by atoms with van der Waals surface area (Å²) in [4.78, 5) is 4.40. The average molecular weight is 309 g/mol. The number of halogens is 2. The standard InChI is InChI=1S/C14H14BrFN2/c15-8-10-5-6-13(11(16)7-10)18-9-17-12-3-1-2-4-14(12)18/h5-7,9H,1-4,8H2. The van der Waals surface area contributed by atoms with Crippen molar-refractivity contribution >= 4 is 15.9 Å². The van der Waals surface area contributed by atoms with E-state index in [0.717, 1.165) is 24.1 Å². The van der Waals surface area contributed by atoms with Crippen LogP contribution in [0.5, 0.6) is 0 Å². The Hall–Kier alpha value is -1.16. The summed E-state index contributed by atoms with van der Waals surface area (Å²) in [6.45, 7) is 0. The number of aromatic nitrogens is 2. The number of benzene rings is 1. The van der Waals surface area contributed by atoms with Crippen LogP contribution in [0, 0.1) is 5.82 Å². The van der Waals surface area contributed by atoms with Crippen LogP contribution in [0.1, 0.15) is 29.8 Å². The first kappa shape index (κ1) is 11.9. The third-order valence-corrected chi connectivity index (χ3v) is 4.10. The summed E-state index contributed by atoms with van der Waals surface area (Å²) in [6, 6.07) is 5.37. The third-order valence-electron chi connectivity index (χ3n) is 3.46. The lowest BCUT2D eigenvalue weighted by Gasteiger charge is -2.14. The maximum absolute atomic E-state index is 14.1. The van der Waals surface area contributed by atoms with E-state index in [2.05, 4.69) is 20.9 Å². The van der Waals surface area contributed by atoms with Gasteiger partial charge in [-0.3, -0.25) is 0 Å². The highest BCUT2D eigenvalue weighted by Gasteiger charge is 2.17. The van der Waals surface area contributed by atoms with Gasteiger partial charge in [0.05, 0.1) is 17.7 Å². The molecule has 2 nitrogen and oxygen atoms in total. The molecule has 2 aromatic rings. The molecule has 1 heterocycles. The molecule has 18 heavy (non-hydrogen) atoms. The predicted molar refractivity (Wildman–Crippen MR) is 72.8 cm³/mol. The SMILES string of the molecule is Fc1cc(CBr)ccc1-n1cnc2c1CCCC2. The normalized spacial score (nSPS) is 14.6. The number of alkyl halides is 1. The molecular formula is C14H14BrFN2. The molecule has 3 rings (SSSR count). The van der Waals surface area contributed by atoms with Crippen molar-refractivity contribution in [3.63, 3.8) is 0 Å². The van der Waals surface area contributed by atoms with Gasteiger partial charge in [0, 0.05) is 11.0 Å². The molecule has 94 valence electrons. The van der Waals surface area contributed by atoms with Gasteiger partial charge in [-0.1, -0.05) is 22.0 Å². The van der Waals surface area contributed by atoms with Gasteiger partial charge in [-0.25, -0.2) is 9.37 Å². The van der Waals surface area contributed by atoms with Crippen molar-refractivity contribution in [3.8, 4) is 5.69 Å². The molecule has 0 N–H and O–H groups in total. The average Bonchev–Trinajstić information content (AvgIpc) is 2.82. The van der Waals surface area contributed by atoms with E-state index < -0.39 is 0 Å². The molecule has 0 unspecified atom stereocenters. The van der Waals surface area contributed by atoms with Crippen molar-refractivity contribution in [3.05, 3.63) is 47.3 Å². The summed E-state index contributed by atoms with van der Waals surface area (Å²) in [6.07, 6.45) is 6.12. The molecule has 0 bridgehead atoms. The Morgan fingerprint density at radius 2 is 2.11 bits per heavy atom. The lowest BCUT2D eigenvalue weighted by Crippen LogP contribution is -2.08. The van der Waals surface area contributed by atoms with Crippen molar-refractivity contribution in [2.45, 2.75) is 31.0 Å². The van der Waals surface area contributed by atoms with Crippen LogP contribution in [0.4, 0.5) is 4.39 Å². The minimum absolute atomic E-state index is 0.183. The molecule has 1 aliphatic rings. The zero-order chi connectivity index (χ0) is 12.5. The molecule has 0 aliphatic heterocycles. The van der Waals surface area contributed by atoms with Gasteiger partial charge in [-0.2, -0.15) is 0 Å². The van der Waals surface area contributed by atoms with Gasteiger partial charge in [0.2, 0.25) is 0 Å². The molecule has 0 atom stereocenters. The molecular weight excluding hydrogens is 295 g/mol. The highest BCUT2D eigenvalue weighted by atomic mass is 79.9. The number of hydrogen-bond donors (Lipinski definition) is 0. The van der Waals surface area contributed by atoms with Gasteiger partial charge in [-0.05, 0) is 43.4 Å². The minimum atomic E-state index is -0.183. The Kier molecular flexibility index (Phi) is 3.20. The van der Waals surface area contributed by atoms with Gasteiger partial charge in [0.15, 0.2) is 0 Å². The number of nitrogens with zero attached hydrogens (tertiary/aromatic N) is 2. The Morgan fingerprint density at radius 3 is 2.89 bits per heavy atom. The summed E-state index contributed by atoms with van der Waals surface area (Å²) in [5.41, 5.74) is 3.86. The van der Waals surface area contributed by atoms with Crippen LogP contribution in [0.15, 0.2) is 24.5 Å². The van der Waals surface area contributed by atoms with Gasteiger partial charge in [0.1, 0.15) is 5.82 Å². The highest BCUT2D eigenvalue weighted by Crippen LogP contribution is 2.25. The van der Waals surface area contributed by atoms with Crippen LogP contribution >= 0.6 is 15.9 Å². The van der Waals surface area contributed by atoms with Crippen LogP contribution < -0.4 is 0 Å². The Bertz CT molecular complexity index is 577. The van der Waals surface area contributed by atoms with Crippen LogP contribution in [-0.2, 0) is 18.2 Å². The first-order chi connectivity index (χ1) is 8.79. The van der Waals surface area contributed by atoms with Crippen molar-refractivity contribution in [1.82, 2.24) is 9.55 Å². The number of aryl methyl sites for hydroxylation is 1. The van der Waals surface area contributed by atoms with Gasteiger partial charge in [-0.15, -0.1) is 0 Å². The topological polar surface area (TPSA) is 17.8 Å². The van der Waals surface area contributed by atoms with Crippen LogP contribution in [0.3, 0.4) is 0 Å². The largest absolute Gasteiger partial charge is 0.300 e. The van der Waals surface area contributed by atoms with E-state index in [0.29, 0.717) is 11.0 Å². The zero-order valence-electron chi connectivity index (χ0n) is 10.00. The van der Waals surface area contributed by atoms with Gasteiger partial charge >= 0.3 is 0 Å². The van der Waals surface area contributed by atoms with E-state index in [4.69, 9.17) is 0 Å². The molecule has 1 aromatic carbocycles. The summed E-state index contributed by atoms with van der Waals surface area (Å²) < 4.78 is 16.0. The number of fused-ring (bicyclic) bond motifs is 1. The molecule has 1 aromatic heterocycles. The van der Waals surface area contributed by atoms with Gasteiger partial charge < -0.3 is 4.57 Å². The lowest BCUT2D eigenvalue weighted by molar-refractivity contribution is 0.607. The molecule has 0 spiro atoms. The van der Waals surface area contributed by atoms with E-state index >= 15 is 0 Å². The van der Waals surface area contributed by atoms with Crippen LogP contribution in [-0.4, -0.2) is 9.55 Å². The Morgan fingerprint density at radius 1 is 1.28 bits per heavy atom. The lowest BCUT2D eigenvalue weighted by atomic mass is 10.0. The summed E-state index contributed by atoms with van der Waals surface area (Å²) in [5.74, 6) is -0.183. The number of hydrogen-bond acceptors (Lipinski definition) is 1. The summed E-state index contributed by atoms with van der Waals surface area (Å²) in [7, 11) is 0. The van der Waals surface area contributed by atoms with Crippen molar-refractivity contribution in [2.75, 3.05) is 0 Å². The Balaban J connectivity index is 2.07. The maximum atomic E-state index is 14.1. The van der Waals surface area contributed by atoms with Crippen molar-refractivity contribution < 1.29 is 4.39 Å².